The lowest BCUT2D eigenvalue weighted by Gasteiger charge is -2.25. The van der Waals surface area contributed by atoms with Crippen LogP contribution in [0.2, 0.25) is 0 Å². The lowest BCUT2D eigenvalue weighted by atomic mass is 9.90. The molecule has 0 bridgehead atoms. The third-order valence-corrected chi connectivity index (χ3v) is 3.45. The lowest BCUT2D eigenvalue weighted by Crippen LogP contribution is -2.49. The van der Waals surface area contributed by atoms with E-state index in [2.05, 4.69) is 10.6 Å². The van der Waals surface area contributed by atoms with Gasteiger partial charge < -0.3 is 20.1 Å². The maximum atomic E-state index is 12.4. The van der Waals surface area contributed by atoms with E-state index in [1.54, 1.807) is 27.7 Å². The molecule has 1 saturated heterocycles. The molecule has 2 N–H and O–H groups in total. The van der Waals surface area contributed by atoms with Crippen LogP contribution in [0.25, 0.3) is 0 Å². The first-order valence-corrected chi connectivity index (χ1v) is 8.12. The predicted octanol–water partition coefficient (Wildman–Crippen LogP) is 1.40. The lowest BCUT2D eigenvalue weighted by molar-refractivity contribution is -0.149. The second-order valence-electron chi connectivity index (χ2n) is 6.70. The first-order valence-electron chi connectivity index (χ1n) is 8.12. The SMILES string of the molecule is CCOC(=O)C(NC(=O)OC(C)(C)C)C(=O)CC1CCNCC1. The van der Waals surface area contributed by atoms with E-state index in [4.69, 9.17) is 9.47 Å². The number of carbonyl (C=O) groups excluding carboxylic acids is 3. The molecule has 7 heteroatoms. The molecule has 1 amide bonds. The number of piperidine rings is 1. The number of carbonyl (C=O) groups is 3. The normalized spacial score (nSPS) is 17.2. The van der Waals surface area contributed by atoms with Crippen molar-refractivity contribution in [1.29, 1.82) is 0 Å². The third kappa shape index (κ3) is 7.45. The third-order valence-electron chi connectivity index (χ3n) is 3.45. The van der Waals surface area contributed by atoms with E-state index in [9.17, 15) is 14.4 Å². The molecule has 1 rings (SSSR count). The van der Waals surface area contributed by atoms with Gasteiger partial charge in [-0.2, -0.15) is 0 Å². The number of ether oxygens (including phenoxy) is 2. The van der Waals surface area contributed by atoms with Crippen molar-refractivity contribution < 1.29 is 23.9 Å². The zero-order valence-corrected chi connectivity index (χ0v) is 14.4. The van der Waals surface area contributed by atoms with Crippen molar-refractivity contribution in [3.05, 3.63) is 0 Å². The quantitative estimate of drug-likeness (QED) is 0.565. The van der Waals surface area contributed by atoms with E-state index in [1.165, 1.54) is 0 Å². The number of amides is 1. The number of alkyl carbamates (subject to hydrolysis) is 1. The van der Waals surface area contributed by atoms with Crippen LogP contribution in [0.4, 0.5) is 4.79 Å². The molecule has 7 nitrogen and oxygen atoms in total. The summed E-state index contributed by atoms with van der Waals surface area (Å²) in [5.74, 6) is -0.848. The van der Waals surface area contributed by atoms with E-state index in [0.717, 1.165) is 25.9 Å². The van der Waals surface area contributed by atoms with Crippen LogP contribution in [0.3, 0.4) is 0 Å². The number of rotatable bonds is 6. The van der Waals surface area contributed by atoms with E-state index in [-0.39, 0.29) is 24.7 Å². The van der Waals surface area contributed by atoms with Gasteiger partial charge >= 0.3 is 12.1 Å². The topological polar surface area (TPSA) is 93.7 Å². The summed E-state index contributed by atoms with van der Waals surface area (Å²) in [6, 6.07) is -1.31. The van der Waals surface area contributed by atoms with Gasteiger partial charge in [0, 0.05) is 6.42 Å². The molecular weight excluding hydrogens is 300 g/mol. The zero-order chi connectivity index (χ0) is 17.5. The predicted molar refractivity (Wildman–Crippen MR) is 85.0 cm³/mol. The summed E-state index contributed by atoms with van der Waals surface area (Å²) in [4.78, 5) is 36.3. The molecule has 0 radical (unpaired) electrons. The minimum atomic E-state index is -1.31. The summed E-state index contributed by atoms with van der Waals surface area (Å²) in [6.07, 6.45) is 1.22. The maximum Gasteiger partial charge on any atom is 0.408 e. The fourth-order valence-electron chi connectivity index (χ4n) is 2.41. The van der Waals surface area contributed by atoms with Crippen molar-refractivity contribution in [3.63, 3.8) is 0 Å². The Balaban J connectivity index is 2.68. The summed E-state index contributed by atoms with van der Waals surface area (Å²) < 4.78 is 10.0. The number of nitrogens with one attached hydrogen (secondary N) is 2. The second-order valence-corrected chi connectivity index (χ2v) is 6.70. The summed E-state index contributed by atoms with van der Waals surface area (Å²) in [6.45, 7) is 8.66. The molecule has 1 aliphatic rings. The highest BCUT2D eigenvalue weighted by molar-refractivity contribution is 6.05. The molecule has 1 fully saturated rings. The minimum absolute atomic E-state index is 0.145. The number of Topliss-reactive ketones (excluding diaryl/α,β-unsaturated/α-hetero) is 1. The van der Waals surface area contributed by atoms with Crippen LogP contribution in [0.1, 0.15) is 47.0 Å². The van der Waals surface area contributed by atoms with Crippen molar-refractivity contribution in [2.24, 2.45) is 5.92 Å². The van der Waals surface area contributed by atoms with Gasteiger partial charge in [0.2, 0.25) is 0 Å². The van der Waals surface area contributed by atoms with Crippen LogP contribution >= 0.6 is 0 Å². The molecule has 0 aromatic heterocycles. The maximum absolute atomic E-state index is 12.4. The molecule has 0 aliphatic carbocycles. The fraction of sp³-hybridized carbons (Fsp3) is 0.812. The van der Waals surface area contributed by atoms with Crippen molar-refractivity contribution >= 4 is 17.8 Å². The Labute approximate surface area is 137 Å². The molecule has 1 unspecified atom stereocenters. The Morgan fingerprint density at radius 1 is 1.22 bits per heavy atom. The highest BCUT2D eigenvalue weighted by Gasteiger charge is 2.33. The Morgan fingerprint density at radius 3 is 2.35 bits per heavy atom. The van der Waals surface area contributed by atoms with E-state index in [0.29, 0.717) is 0 Å². The van der Waals surface area contributed by atoms with Gasteiger partial charge in [0.25, 0.3) is 0 Å². The standard InChI is InChI=1S/C16H28N2O5/c1-5-22-14(20)13(18-15(21)23-16(2,3)4)12(19)10-11-6-8-17-9-7-11/h11,13,17H,5-10H2,1-4H3,(H,18,21). The summed E-state index contributed by atoms with van der Waals surface area (Å²) in [7, 11) is 0. The van der Waals surface area contributed by atoms with Crippen LogP contribution in [-0.2, 0) is 19.1 Å². The summed E-state index contributed by atoms with van der Waals surface area (Å²) in [5.41, 5.74) is -0.707. The molecule has 132 valence electrons. The van der Waals surface area contributed by atoms with Gasteiger partial charge in [-0.05, 0) is 59.5 Å². The van der Waals surface area contributed by atoms with Gasteiger partial charge in [-0.3, -0.25) is 4.79 Å². The molecule has 0 saturated carbocycles. The molecule has 0 spiro atoms. The first-order chi connectivity index (χ1) is 10.7. The van der Waals surface area contributed by atoms with Crippen LogP contribution in [-0.4, -0.2) is 49.2 Å². The number of esters is 1. The molecule has 1 aliphatic heterocycles. The van der Waals surface area contributed by atoms with Crippen molar-refractivity contribution in [2.75, 3.05) is 19.7 Å². The smallest absolute Gasteiger partial charge is 0.408 e. The Morgan fingerprint density at radius 2 is 1.83 bits per heavy atom. The Hall–Kier alpha value is -1.63. The van der Waals surface area contributed by atoms with Crippen LogP contribution < -0.4 is 10.6 Å². The van der Waals surface area contributed by atoms with Gasteiger partial charge in [-0.1, -0.05) is 0 Å². The van der Waals surface area contributed by atoms with E-state index < -0.39 is 23.7 Å². The summed E-state index contributed by atoms with van der Waals surface area (Å²) >= 11 is 0. The average Bonchev–Trinajstić information content (AvgIpc) is 2.44. The molecular formula is C16H28N2O5. The average molecular weight is 328 g/mol. The second kappa shape index (κ2) is 8.86. The zero-order valence-electron chi connectivity index (χ0n) is 14.4. The van der Waals surface area contributed by atoms with Gasteiger partial charge in [0.15, 0.2) is 11.8 Å². The molecule has 0 aromatic rings. The Bertz CT molecular complexity index is 425. The highest BCUT2D eigenvalue weighted by Crippen LogP contribution is 2.17. The van der Waals surface area contributed by atoms with Crippen molar-refractivity contribution in [3.8, 4) is 0 Å². The minimum Gasteiger partial charge on any atom is -0.464 e. The van der Waals surface area contributed by atoms with Crippen LogP contribution in [0.15, 0.2) is 0 Å². The van der Waals surface area contributed by atoms with Crippen LogP contribution in [0, 0.1) is 5.92 Å². The highest BCUT2D eigenvalue weighted by atomic mass is 16.6. The largest absolute Gasteiger partial charge is 0.464 e. The fourth-order valence-corrected chi connectivity index (χ4v) is 2.41. The number of hydrogen-bond donors (Lipinski definition) is 2. The molecule has 0 aromatic carbocycles. The summed E-state index contributed by atoms with van der Waals surface area (Å²) in [5, 5.41) is 5.57. The van der Waals surface area contributed by atoms with Gasteiger partial charge in [-0.15, -0.1) is 0 Å². The molecule has 1 atom stereocenters. The van der Waals surface area contributed by atoms with Gasteiger partial charge in [-0.25, -0.2) is 9.59 Å². The van der Waals surface area contributed by atoms with Crippen LogP contribution in [0.5, 0.6) is 0 Å². The number of hydrogen-bond acceptors (Lipinski definition) is 6. The van der Waals surface area contributed by atoms with E-state index >= 15 is 0 Å². The van der Waals surface area contributed by atoms with Crippen molar-refractivity contribution in [1.82, 2.24) is 10.6 Å². The monoisotopic (exact) mass is 328 g/mol. The Kier molecular flexibility index (Phi) is 7.48. The van der Waals surface area contributed by atoms with E-state index in [1.807, 2.05) is 0 Å². The molecule has 1 heterocycles. The first kappa shape index (κ1) is 19.4. The molecule has 23 heavy (non-hydrogen) atoms. The van der Waals surface area contributed by atoms with Crippen molar-refractivity contribution in [2.45, 2.75) is 58.6 Å². The number of ketones is 1. The van der Waals surface area contributed by atoms with Gasteiger partial charge in [0.1, 0.15) is 5.60 Å². The van der Waals surface area contributed by atoms with Gasteiger partial charge in [0.05, 0.1) is 6.61 Å².